The maximum Gasteiger partial charge on any atom is 0.151 e. The Morgan fingerprint density at radius 3 is 3.14 bits per heavy atom. The van der Waals surface area contributed by atoms with Crippen molar-refractivity contribution in [3.63, 3.8) is 0 Å². The van der Waals surface area contributed by atoms with E-state index >= 15 is 0 Å². The summed E-state index contributed by atoms with van der Waals surface area (Å²) in [4.78, 5) is 4.54. The number of hydrogen-bond acceptors (Lipinski definition) is 3. The third-order valence-corrected chi connectivity index (χ3v) is 2.79. The van der Waals surface area contributed by atoms with Crippen LogP contribution >= 0.6 is 0 Å². The number of aryl methyl sites for hydroxylation is 2. The zero-order valence-electron chi connectivity index (χ0n) is 8.74. The molecular weight excluding hydrogens is 176 g/mol. The molecule has 0 saturated carbocycles. The van der Waals surface area contributed by atoms with E-state index < -0.39 is 0 Å². The molecule has 1 aromatic rings. The van der Waals surface area contributed by atoms with Crippen molar-refractivity contribution in [2.24, 2.45) is 5.73 Å². The second-order valence-corrected chi connectivity index (χ2v) is 4.02. The fourth-order valence-electron chi connectivity index (χ4n) is 1.97. The minimum absolute atomic E-state index is 0.526. The molecule has 2 rings (SSSR count). The van der Waals surface area contributed by atoms with E-state index in [1.165, 1.54) is 12.8 Å². The Bertz CT molecular complexity index is 305. The molecule has 14 heavy (non-hydrogen) atoms. The Hall–Kier alpha value is -0.900. The molecule has 0 saturated heterocycles. The van der Waals surface area contributed by atoms with Gasteiger partial charge in [0, 0.05) is 12.8 Å². The largest absolute Gasteiger partial charge is 0.330 e. The van der Waals surface area contributed by atoms with E-state index in [4.69, 9.17) is 5.73 Å². The van der Waals surface area contributed by atoms with Gasteiger partial charge in [0.15, 0.2) is 5.82 Å². The van der Waals surface area contributed by atoms with Gasteiger partial charge in [-0.15, -0.1) is 0 Å². The van der Waals surface area contributed by atoms with Gasteiger partial charge in [-0.2, -0.15) is 5.10 Å². The number of nitrogens with two attached hydrogens (primary N) is 1. The van der Waals surface area contributed by atoms with Gasteiger partial charge < -0.3 is 5.73 Å². The van der Waals surface area contributed by atoms with Gasteiger partial charge in [0.25, 0.3) is 0 Å². The fraction of sp³-hybridized carbons (Fsp3) is 0.800. The van der Waals surface area contributed by atoms with Crippen LogP contribution in [0, 0.1) is 0 Å². The van der Waals surface area contributed by atoms with E-state index in [1.54, 1.807) is 0 Å². The summed E-state index contributed by atoms with van der Waals surface area (Å²) in [6.07, 6.45) is 5.46. The van der Waals surface area contributed by atoms with Crippen LogP contribution in [0.5, 0.6) is 0 Å². The minimum atomic E-state index is 0.526. The highest BCUT2D eigenvalue weighted by Gasteiger charge is 2.18. The van der Waals surface area contributed by atoms with Crippen molar-refractivity contribution >= 4 is 0 Å². The first-order chi connectivity index (χ1) is 6.81. The molecule has 0 aliphatic carbocycles. The molecular formula is C10H18N4. The topological polar surface area (TPSA) is 56.7 Å². The Morgan fingerprint density at radius 2 is 2.43 bits per heavy atom. The zero-order valence-corrected chi connectivity index (χ0v) is 8.74. The third-order valence-electron chi connectivity index (χ3n) is 2.79. The van der Waals surface area contributed by atoms with E-state index in [9.17, 15) is 0 Å². The number of hydrogen-bond donors (Lipinski definition) is 1. The second-order valence-electron chi connectivity index (χ2n) is 4.02. The maximum atomic E-state index is 5.46. The lowest BCUT2D eigenvalue weighted by molar-refractivity contribution is 0.387. The van der Waals surface area contributed by atoms with Gasteiger partial charge in [-0.3, -0.25) is 0 Å². The first kappa shape index (κ1) is 9.65. The average molecular weight is 194 g/mol. The van der Waals surface area contributed by atoms with Crippen LogP contribution in [0.3, 0.4) is 0 Å². The van der Waals surface area contributed by atoms with Gasteiger partial charge in [0.05, 0.1) is 6.04 Å². The van der Waals surface area contributed by atoms with Crippen LogP contribution in [0.2, 0.25) is 0 Å². The van der Waals surface area contributed by atoms with E-state index in [0.29, 0.717) is 6.04 Å². The Labute approximate surface area is 84.5 Å². The Morgan fingerprint density at radius 1 is 1.57 bits per heavy atom. The van der Waals surface area contributed by atoms with Gasteiger partial charge in [-0.25, -0.2) is 9.67 Å². The van der Waals surface area contributed by atoms with Gasteiger partial charge in [-0.05, 0) is 32.7 Å². The normalized spacial score (nSPS) is 20.9. The van der Waals surface area contributed by atoms with Gasteiger partial charge in [-0.1, -0.05) is 0 Å². The standard InChI is InChI=1S/C10H18N4/c1-8-4-2-6-10-12-9(5-3-7-11)13-14(8)10/h8H,2-7,11H2,1H3. The van der Waals surface area contributed by atoms with E-state index in [-0.39, 0.29) is 0 Å². The van der Waals surface area contributed by atoms with Crippen LogP contribution in [0.25, 0.3) is 0 Å². The summed E-state index contributed by atoms with van der Waals surface area (Å²) < 4.78 is 2.09. The summed E-state index contributed by atoms with van der Waals surface area (Å²) >= 11 is 0. The predicted molar refractivity (Wildman–Crippen MR) is 55.0 cm³/mol. The number of rotatable bonds is 3. The average Bonchev–Trinajstić information content (AvgIpc) is 2.59. The Balaban J connectivity index is 2.13. The van der Waals surface area contributed by atoms with Crippen LogP contribution < -0.4 is 5.73 Å². The molecule has 0 fully saturated rings. The Kier molecular flexibility index (Phi) is 2.82. The molecule has 1 aliphatic rings. The molecule has 0 spiro atoms. The molecule has 0 bridgehead atoms. The molecule has 1 atom stereocenters. The molecule has 4 nitrogen and oxygen atoms in total. The fourth-order valence-corrected chi connectivity index (χ4v) is 1.97. The molecule has 1 unspecified atom stereocenters. The summed E-state index contributed by atoms with van der Waals surface area (Å²) in [5, 5.41) is 4.52. The lowest BCUT2D eigenvalue weighted by Gasteiger charge is -2.18. The molecule has 78 valence electrons. The molecule has 0 radical (unpaired) electrons. The van der Waals surface area contributed by atoms with E-state index in [0.717, 1.165) is 37.5 Å². The quantitative estimate of drug-likeness (QED) is 0.783. The van der Waals surface area contributed by atoms with Crippen LogP contribution in [0.1, 0.15) is 43.9 Å². The lowest BCUT2D eigenvalue weighted by atomic mass is 10.1. The smallest absolute Gasteiger partial charge is 0.151 e. The predicted octanol–water partition coefficient (Wildman–Crippen LogP) is 1.07. The zero-order chi connectivity index (χ0) is 9.97. The first-order valence-electron chi connectivity index (χ1n) is 5.45. The highest BCUT2D eigenvalue weighted by Crippen LogP contribution is 2.22. The van der Waals surface area contributed by atoms with Crippen molar-refractivity contribution in [1.82, 2.24) is 14.8 Å². The monoisotopic (exact) mass is 194 g/mol. The van der Waals surface area contributed by atoms with Crippen LogP contribution in [-0.2, 0) is 12.8 Å². The van der Waals surface area contributed by atoms with Crippen molar-refractivity contribution in [3.8, 4) is 0 Å². The molecule has 0 aromatic carbocycles. The molecule has 0 amide bonds. The van der Waals surface area contributed by atoms with Crippen molar-refractivity contribution in [2.75, 3.05) is 6.54 Å². The maximum absolute atomic E-state index is 5.46. The summed E-state index contributed by atoms with van der Waals surface area (Å²) in [5.41, 5.74) is 5.46. The summed E-state index contributed by atoms with van der Waals surface area (Å²) in [5.74, 6) is 2.13. The van der Waals surface area contributed by atoms with Gasteiger partial charge in [0.1, 0.15) is 5.82 Å². The molecule has 2 heterocycles. The number of fused-ring (bicyclic) bond motifs is 1. The van der Waals surface area contributed by atoms with Crippen molar-refractivity contribution < 1.29 is 0 Å². The first-order valence-corrected chi connectivity index (χ1v) is 5.45. The second kappa shape index (κ2) is 4.09. The van der Waals surface area contributed by atoms with E-state index in [1.807, 2.05) is 0 Å². The van der Waals surface area contributed by atoms with Crippen LogP contribution in [0.15, 0.2) is 0 Å². The van der Waals surface area contributed by atoms with E-state index in [2.05, 4.69) is 21.7 Å². The number of aromatic nitrogens is 3. The molecule has 1 aromatic heterocycles. The highest BCUT2D eigenvalue weighted by atomic mass is 15.4. The highest BCUT2D eigenvalue weighted by molar-refractivity contribution is 4.98. The summed E-state index contributed by atoms with van der Waals surface area (Å²) in [7, 11) is 0. The molecule has 1 aliphatic heterocycles. The van der Waals surface area contributed by atoms with Crippen LogP contribution in [-0.4, -0.2) is 21.3 Å². The lowest BCUT2D eigenvalue weighted by Crippen LogP contribution is -2.16. The molecule has 2 N–H and O–H groups in total. The number of nitrogens with zero attached hydrogens (tertiary/aromatic N) is 3. The SMILES string of the molecule is CC1CCCc2nc(CCCN)nn21. The third kappa shape index (κ3) is 1.80. The van der Waals surface area contributed by atoms with Crippen molar-refractivity contribution in [2.45, 2.75) is 45.1 Å². The minimum Gasteiger partial charge on any atom is -0.330 e. The van der Waals surface area contributed by atoms with Crippen molar-refractivity contribution in [1.29, 1.82) is 0 Å². The summed E-state index contributed by atoms with van der Waals surface area (Å²) in [6, 6.07) is 0.526. The van der Waals surface area contributed by atoms with Crippen LogP contribution in [0.4, 0.5) is 0 Å². The summed E-state index contributed by atoms with van der Waals surface area (Å²) in [6.45, 7) is 2.93. The van der Waals surface area contributed by atoms with Gasteiger partial charge >= 0.3 is 0 Å². The molecule has 4 heteroatoms. The van der Waals surface area contributed by atoms with Gasteiger partial charge in [0.2, 0.25) is 0 Å². The van der Waals surface area contributed by atoms with Crippen molar-refractivity contribution in [3.05, 3.63) is 11.6 Å².